The van der Waals surface area contributed by atoms with Crippen LogP contribution in [0.2, 0.25) is 0 Å². The molecule has 0 aliphatic heterocycles. The van der Waals surface area contributed by atoms with Crippen molar-refractivity contribution < 1.29 is 0 Å². The van der Waals surface area contributed by atoms with Gasteiger partial charge in [-0.1, -0.05) is 19.8 Å². The Kier molecular flexibility index (Phi) is 7.98. The molecule has 3 heteroatoms. The maximum absolute atomic E-state index is 2.31. The summed E-state index contributed by atoms with van der Waals surface area (Å²) < 4.78 is 2.26. The van der Waals surface area contributed by atoms with Crippen LogP contribution in [0.3, 0.4) is 0 Å². The Labute approximate surface area is 74.3 Å². The van der Waals surface area contributed by atoms with Crippen molar-refractivity contribution >= 4 is 30.3 Å². The molecule has 0 rings (SSSR count). The standard InChI is InChI=1S/C6H14INS/c1-3-4-5-6-8(2)9-7/h3-6H2,1-2H3. The van der Waals surface area contributed by atoms with E-state index >= 15 is 0 Å². The normalized spacial score (nSPS) is 10.7. The fourth-order valence-electron chi connectivity index (χ4n) is 0.619. The molecule has 0 aromatic carbocycles. The van der Waals surface area contributed by atoms with Crippen LogP contribution in [0.1, 0.15) is 26.2 Å². The van der Waals surface area contributed by atoms with Crippen molar-refractivity contribution in [2.24, 2.45) is 0 Å². The summed E-state index contributed by atoms with van der Waals surface area (Å²) in [5.74, 6) is 0. The second-order valence-corrected chi connectivity index (χ2v) is 4.07. The number of hydrogen-bond donors (Lipinski definition) is 0. The highest BCUT2D eigenvalue weighted by Gasteiger charge is 1.93. The molecule has 56 valence electrons. The topological polar surface area (TPSA) is 3.24 Å². The predicted molar refractivity (Wildman–Crippen MR) is 53.8 cm³/mol. The van der Waals surface area contributed by atoms with Gasteiger partial charge in [0.1, 0.15) is 0 Å². The van der Waals surface area contributed by atoms with E-state index in [1.165, 1.54) is 25.8 Å². The first-order valence-corrected chi connectivity index (χ1v) is 6.62. The predicted octanol–water partition coefficient (Wildman–Crippen LogP) is 3.11. The van der Waals surface area contributed by atoms with E-state index in [9.17, 15) is 0 Å². The van der Waals surface area contributed by atoms with Crippen LogP contribution in [0.5, 0.6) is 0 Å². The lowest BCUT2D eigenvalue weighted by atomic mass is 10.2. The fraction of sp³-hybridized carbons (Fsp3) is 1.00. The van der Waals surface area contributed by atoms with Crippen molar-refractivity contribution in [3.8, 4) is 0 Å². The summed E-state index contributed by atoms with van der Waals surface area (Å²) in [5.41, 5.74) is 0. The second-order valence-electron chi connectivity index (χ2n) is 2.13. The molecule has 0 spiro atoms. The van der Waals surface area contributed by atoms with Crippen molar-refractivity contribution in [3.63, 3.8) is 0 Å². The Balaban J connectivity index is 2.88. The van der Waals surface area contributed by atoms with Gasteiger partial charge >= 0.3 is 0 Å². The van der Waals surface area contributed by atoms with Gasteiger partial charge in [-0.05, 0) is 22.6 Å². The van der Waals surface area contributed by atoms with Crippen molar-refractivity contribution in [3.05, 3.63) is 0 Å². The third kappa shape index (κ3) is 6.93. The van der Waals surface area contributed by atoms with E-state index in [-0.39, 0.29) is 0 Å². The van der Waals surface area contributed by atoms with E-state index in [0.29, 0.717) is 0 Å². The molecule has 0 aliphatic rings. The van der Waals surface area contributed by atoms with E-state index in [1.54, 1.807) is 9.12 Å². The number of unbranched alkanes of at least 4 members (excludes halogenated alkanes) is 2. The summed E-state index contributed by atoms with van der Waals surface area (Å²) in [6.07, 6.45) is 4.02. The maximum atomic E-state index is 2.31. The number of rotatable bonds is 5. The van der Waals surface area contributed by atoms with Crippen LogP contribution in [0.4, 0.5) is 0 Å². The van der Waals surface area contributed by atoms with E-state index in [1.807, 2.05) is 0 Å². The van der Waals surface area contributed by atoms with Crippen molar-refractivity contribution in [1.29, 1.82) is 0 Å². The molecule has 0 bridgehead atoms. The zero-order valence-corrected chi connectivity index (χ0v) is 9.04. The maximum Gasteiger partial charge on any atom is 0.0146 e. The Morgan fingerprint density at radius 2 is 2.11 bits per heavy atom. The zero-order chi connectivity index (χ0) is 7.11. The second kappa shape index (κ2) is 7.15. The van der Waals surface area contributed by atoms with Gasteiger partial charge in [-0.15, -0.1) is 0 Å². The molecule has 0 radical (unpaired) electrons. The highest BCUT2D eigenvalue weighted by molar-refractivity contribution is 14.2. The number of hydrogen-bond acceptors (Lipinski definition) is 2. The highest BCUT2D eigenvalue weighted by Crippen LogP contribution is 2.15. The first-order valence-electron chi connectivity index (χ1n) is 3.31. The number of halogens is 1. The first-order chi connectivity index (χ1) is 4.31. The van der Waals surface area contributed by atoms with Crippen LogP contribution < -0.4 is 0 Å². The summed E-state index contributed by atoms with van der Waals surface area (Å²) in [6, 6.07) is 0. The largest absolute Gasteiger partial charge is 0.245 e. The third-order valence-corrected chi connectivity index (χ3v) is 3.63. The SMILES string of the molecule is CCCCCN(C)SI. The Morgan fingerprint density at radius 1 is 1.44 bits per heavy atom. The molecule has 0 aliphatic carbocycles. The Morgan fingerprint density at radius 3 is 2.56 bits per heavy atom. The van der Waals surface area contributed by atoms with E-state index < -0.39 is 0 Å². The van der Waals surface area contributed by atoms with Gasteiger partial charge in [-0.3, -0.25) is 0 Å². The van der Waals surface area contributed by atoms with E-state index in [4.69, 9.17) is 0 Å². The molecule has 0 atom stereocenters. The summed E-state index contributed by atoms with van der Waals surface area (Å²) in [5, 5.41) is 0. The fourth-order valence-corrected chi connectivity index (χ4v) is 1.41. The monoisotopic (exact) mass is 259 g/mol. The minimum atomic E-state index is 1.22. The average molecular weight is 259 g/mol. The van der Waals surface area contributed by atoms with Gasteiger partial charge < -0.3 is 0 Å². The van der Waals surface area contributed by atoms with Crippen LogP contribution in [0, 0.1) is 0 Å². The lowest BCUT2D eigenvalue weighted by molar-refractivity contribution is 0.529. The summed E-state index contributed by atoms with van der Waals surface area (Å²) in [4.78, 5) is 0. The molecule has 0 fully saturated rings. The Bertz CT molecular complexity index is 61.0. The quantitative estimate of drug-likeness (QED) is 0.424. The summed E-state index contributed by atoms with van der Waals surface area (Å²) >= 11 is 2.31. The lowest BCUT2D eigenvalue weighted by Gasteiger charge is -2.09. The smallest absolute Gasteiger partial charge is 0.0146 e. The van der Waals surface area contributed by atoms with Gasteiger partial charge in [0.05, 0.1) is 0 Å². The molecule has 0 amide bonds. The molecule has 1 nitrogen and oxygen atoms in total. The van der Waals surface area contributed by atoms with Crippen LogP contribution in [0.15, 0.2) is 0 Å². The molecule has 0 N–H and O–H groups in total. The minimum absolute atomic E-state index is 1.22. The van der Waals surface area contributed by atoms with Crippen LogP contribution >= 0.6 is 30.3 Å². The zero-order valence-electron chi connectivity index (χ0n) is 6.06. The van der Waals surface area contributed by atoms with Crippen molar-refractivity contribution in [2.75, 3.05) is 13.6 Å². The molecule has 0 saturated carbocycles. The third-order valence-electron chi connectivity index (χ3n) is 1.19. The van der Waals surface area contributed by atoms with Crippen LogP contribution in [0.25, 0.3) is 0 Å². The van der Waals surface area contributed by atoms with Gasteiger partial charge in [0.2, 0.25) is 0 Å². The average Bonchev–Trinajstić information content (AvgIpc) is 1.89. The van der Waals surface area contributed by atoms with E-state index in [2.05, 4.69) is 39.5 Å². The molecule has 0 unspecified atom stereocenters. The van der Waals surface area contributed by atoms with Crippen LogP contribution in [-0.4, -0.2) is 17.9 Å². The molecule has 9 heavy (non-hydrogen) atoms. The van der Waals surface area contributed by atoms with E-state index in [0.717, 1.165) is 0 Å². The van der Waals surface area contributed by atoms with Gasteiger partial charge in [-0.2, -0.15) is 0 Å². The Hall–Kier alpha value is 1.04. The van der Waals surface area contributed by atoms with Crippen molar-refractivity contribution in [1.82, 2.24) is 4.31 Å². The van der Waals surface area contributed by atoms with Gasteiger partial charge in [0, 0.05) is 27.8 Å². The van der Waals surface area contributed by atoms with Crippen molar-refractivity contribution in [2.45, 2.75) is 26.2 Å². The van der Waals surface area contributed by atoms with Gasteiger partial charge in [0.25, 0.3) is 0 Å². The highest BCUT2D eigenvalue weighted by atomic mass is 127. The lowest BCUT2D eigenvalue weighted by Crippen LogP contribution is -2.07. The summed E-state index contributed by atoms with van der Waals surface area (Å²) in [6.45, 7) is 3.46. The first kappa shape index (κ1) is 10.0. The molecule has 0 aromatic rings. The molecular weight excluding hydrogens is 245 g/mol. The van der Waals surface area contributed by atoms with Crippen LogP contribution in [-0.2, 0) is 0 Å². The molecule has 0 aromatic heterocycles. The minimum Gasteiger partial charge on any atom is -0.245 e. The van der Waals surface area contributed by atoms with Gasteiger partial charge in [0.15, 0.2) is 0 Å². The molecule has 0 saturated heterocycles. The number of nitrogens with zero attached hydrogens (tertiary/aromatic N) is 1. The summed E-state index contributed by atoms with van der Waals surface area (Å²) in [7, 11) is 3.91. The molecular formula is C6H14INS. The molecule has 0 heterocycles. The van der Waals surface area contributed by atoms with Gasteiger partial charge in [-0.25, -0.2) is 4.31 Å².